The first-order chi connectivity index (χ1) is 12.5. The minimum absolute atomic E-state index is 0.307. The second kappa shape index (κ2) is 7.70. The third-order valence-electron chi connectivity index (χ3n) is 4.10. The Kier molecular flexibility index (Phi) is 5.37. The third kappa shape index (κ3) is 3.62. The first kappa shape index (κ1) is 18.1. The molecule has 0 aliphatic heterocycles. The van der Waals surface area contributed by atoms with Crippen molar-refractivity contribution in [1.29, 1.82) is 0 Å². The van der Waals surface area contributed by atoms with E-state index in [2.05, 4.69) is 44.5 Å². The zero-order chi connectivity index (χ0) is 18.7. The van der Waals surface area contributed by atoms with Crippen molar-refractivity contribution in [2.75, 3.05) is 30.9 Å². The number of benzene rings is 1. The predicted octanol–water partition coefficient (Wildman–Crippen LogP) is 3.85. The summed E-state index contributed by atoms with van der Waals surface area (Å²) in [6.45, 7) is 4.70. The molecule has 1 aromatic carbocycles. The van der Waals surface area contributed by atoms with E-state index in [9.17, 15) is 4.79 Å². The van der Waals surface area contributed by atoms with Crippen LogP contribution >= 0.6 is 11.3 Å². The van der Waals surface area contributed by atoms with Crippen LogP contribution in [-0.2, 0) is 11.3 Å². The van der Waals surface area contributed by atoms with Gasteiger partial charge in [0.2, 0.25) is 0 Å². The predicted molar refractivity (Wildman–Crippen MR) is 106 cm³/mol. The summed E-state index contributed by atoms with van der Waals surface area (Å²) < 4.78 is 5.14. The Morgan fingerprint density at radius 2 is 1.96 bits per heavy atom. The first-order valence-electron chi connectivity index (χ1n) is 8.42. The minimum Gasteiger partial charge on any atom is -0.462 e. The molecule has 3 rings (SSSR count). The highest BCUT2D eigenvalue weighted by Gasteiger charge is 2.20. The van der Waals surface area contributed by atoms with Gasteiger partial charge < -0.3 is 15.0 Å². The number of rotatable bonds is 6. The van der Waals surface area contributed by atoms with Crippen LogP contribution in [0.4, 0.5) is 11.5 Å². The Morgan fingerprint density at radius 1 is 1.23 bits per heavy atom. The van der Waals surface area contributed by atoms with Crippen molar-refractivity contribution in [2.24, 2.45) is 0 Å². The van der Waals surface area contributed by atoms with Gasteiger partial charge in [0.25, 0.3) is 0 Å². The van der Waals surface area contributed by atoms with E-state index in [-0.39, 0.29) is 5.97 Å². The van der Waals surface area contributed by atoms with E-state index < -0.39 is 0 Å². The van der Waals surface area contributed by atoms with Gasteiger partial charge in [-0.1, -0.05) is 12.1 Å². The number of fused-ring (bicyclic) bond motifs is 1. The number of thiophene rings is 1. The highest BCUT2D eigenvalue weighted by Crippen LogP contribution is 2.33. The normalized spacial score (nSPS) is 10.8. The van der Waals surface area contributed by atoms with Crippen molar-refractivity contribution in [2.45, 2.75) is 20.4 Å². The van der Waals surface area contributed by atoms with Gasteiger partial charge in [-0.2, -0.15) is 0 Å². The average Bonchev–Trinajstić information content (AvgIpc) is 2.98. The van der Waals surface area contributed by atoms with E-state index >= 15 is 0 Å². The smallest absolute Gasteiger partial charge is 0.348 e. The zero-order valence-electron chi connectivity index (χ0n) is 15.4. The molecule has 0 aliphatic carbocycles. The molecular formula is C19H22N4O2S. The Morgan fingerprint density at radius 3 is 2.62 bits per heavy atom. The molecule has 0 saturated carbocycles. The molecule has 0 bridgehead atoms. The highest BCUT2D eigenvalue weighted by atomic mass is 32.1. The lowest BCUT2D eigenvalue weighted by atomic mass is 10.2. The molecule has 0 saturated heterocycles. The molecule has 3 aromatic rings. The van der Waals surface area contributed by atoms with E-state index in [4.69, 9.17) is 4.74 Å². The number of esters is 1. The molecule has 0 spiro atoms. The lowest BCUT2D eigenvalue weighted by Crippen LogP contribution is -2.08. The van der Waals surface area contributed by atoms with Crippen LogP contribution in [0.25, 0.3) is 10.2 Å². The lowest BCUT2D eigenvalue weighted by Gasteiger charge is -2.13. The standard InChI is InChI=1S/C19H22N4O2S/c1-5-25-19(24)16-12(2)15-17(21-11-22-18(15)26-16)20-10-13-6-8-14(9-7-13)23(3)4/h6-9,11H,5,10H2,1-4H3,(H,20,21,22). The number of ether oxygens (including phenoxy) is 1. The number of nitrogens with one attached hydrogen (secondary N) is 1. The number of carbonyl (C=O) groups excluding carboxylic acids is 1. The van der Waals surface area contributed by atoms with Gasteiger partial charge in [0.15, 0.2) is 0 Å². The molecule has 0 amide bonds. The second-order valence-electron chi connectivity index (χ2n) is 6.09. The molecule has 136 valence electrons. The van der Waals surface area contributed by atoms with Crippen molar-refractivity contribution in [3.8, 4) is 0 Å². The van der Waals surface area contributed by atoms with Crippen molar-refractivity contribution in [3.05, 3.63) is 46.6 Å². The zero-order valence-corrected chi connectivity index (χ0v) is 16.2. The molecule has 0 aliphatic rings. The van der Waals surface area contributed by atoms with Crippen LogP contribution in [-0.4, -0.2) is 36.6 Å². The Balaban J connectivity index is 1.84. The molecule has 0 atom stereocenters. The number of hydrogen-bond acceptors (Lipinski definition) is 7. The van der Waals surface area contributed by atoms with Crippen LogP contribution in [0.5, 0.6) is 0 Å². The van der Waals surface area contributed by atoms with Crippen molar-refractivity contribution >= 4 is 39.0 Å². The Bertz CT molecular complexity index is 919. The number of nitrogens with zero attached hydrogens (tertiary/aromatic N) is 3. The van der Waals surface area contributed by atoms with Crippen LogP contribution in [0, 0.1) is 6.92 Å². The van der Waals surface area contributed by atoms with Gasteiger partial charge in [-0.15, -0.1) is 11.3 Å². The molecule has 26 heavy (non-hydrogen) atoms. The Hall–Kier alpha value is -2.67. The van der Waals surface area contributed by atoms with Crippen LogP contribution in [0.2, 0.25) is 0 Å². The molecular weight excluding hydrogens is 348 g/mol. The number of hydrogen-bond donors (Lipinski definition) is 1. The van der Waals surface area contributed by atoms with Gasteiger partial charge in [0.1, 0.15) is 21.9 Å². The molecule has 0 unspecified atom stereocenters. The van der Waals surface area contributed by atoms with Gasteiger partial charge in [0.05, 0.1) is 12.0 Å². The van der Waals surface area contributed by atoms with E-state index in [1.165, 1.54) is 17.7 Å². The fourth-order valence-corrected chi connectivity index (χ4v) is 3.74. The maximum absolute atomic E-state index is 12.1. The molecule has 6 nitrogen and oxygen atoms in total. The largest absolute Gasteiger partial charge is 0.462 e. The van der Waals surface area contributed by atoms with Gasteiger partial charge >= 0.3 is 5.97 Å². The SMILES string of the molecule is CCOC(=O)c1sc2ncnc(NCc3ccc(N(C)C)cc3)c2c1C. The maximum Gasteiger partial charge on any atom is 0.348 e. The van der Waals surface area contributed by atoms with E-state index in [1.807, 2.05) is 21.0 Å². The van der Waals surface area contributed by atoms with E-state index in [0.717, 1.165) is 32.8 Å². The fraction of sp³-hybridized carbons (Fsp3) is 0.316. The minimum atomic E-state index is -0.307. The van der Waals surface area contributed by atoms with Crippen LogP contribution in [0.3, 0.4) is 0 Å². The number of aryl methyl sites for hydroxylation is 1. The summed E-state index contributed by atoms with van der Waals surface area (Å²) in [5.74, 6) is 0.425. The van der Waals surface area contributed by atoms with Crippen molar-refractivity contribution in [1.82, 2.24) is 9.97 Å². The monoisotopic (exact) mass is 370 g/mol. The van der Waals surface area contributed by atoms with Crippen LogP contribution < -0.4 is 10.2 Å². The summed E-state index contributed by atoms with van der Waals surface area (Å²) in [5.41, 5.74) is 3.17. The van der Waals surface area contributed by atoms with Crippen molar-refractivity contribution < 1.29 is 9.53 Å². The van der Waals surface area contributed by atoms with Gasteiger partial charge in [-0.05, 0) is 37.1 Å². The average molecular weight is 370 g/mol. The highest BCUT2D eigenvalue weighted by molar-refractivity contribution is 7.20. The number of anilines is 2. The first-order valence-corrected chi connectivity index (χ1v) is 9.24. The molecule has 7 heteroatoms. The second-order valence-corrected chi connectivity index (χ2v) is 7.09. The third-order valence-corrected chi connectivity index (χ3v) is 5.28. The molecule has 0 fully saturated rings. The summed E-state index contributed by atoms with van der Waals surface area (Å²) >= 11 is 1.34. The van der Waals surface area contributed by atoms with Crippen LogP contribution in [0.15, 0.2) is 30.6 Å². The van der Waals surface area contributed by atoms with E-state index in [1.54, 1.807) is 6.92 Å². The molecule has 2 heterocycles. The lowest BCUT2D eigenvalue weighted by molar-refractivity contribution is 0.0531. The molecule has 2 aromatic heterocycles. The van der Waals surface area contributed by atoms with Crippen LogP contribution in [0.1, 0.15) is 27.7 Å². The summed E-state index contributed by atoms with van der Waals surface area (Å²) in [6, 6.07) is 8.35. The molecule has 0 radical (unpaired) electrons. The quantitative estimate of drug-likeness (QED) is 0.665. The number of aromatic nitrogens is 2. The maximum atomic E-state index is 12.1. The fourth-order valence-electron chi connectivity index (χ4n) is 2.69. The summed E-state index contributed by atoms with van der Waals surface area (Å²) in [5, 5.41) is 4.25. The topological polar surface area (TPSA) is 67.3 Å². The summed E-state index contributed by atoms with van der Waals surface area (Å²) in [7, 11) is 4.04. The van der Waals surface area contributed by atoms with Crippen molar-refractivity contribution in [3.63, 3.8) is 0 Å². The summed E-state index contributed by atoms with van der Waals surface area (Å²) in [6.07, 6.45) is 1.52. The van der Waals surface area contributed by atoms with Gasteiger partial charge in [0, 0.05) is 26.3 Å². The molecule has 1 N–H and O–H groups in total. The van der Waals surface area contributed by atoms with Gasteiger partial charge in [-0.3, -0.25) is 0 Å². The Labute approximate surface area is 156 Å². The summed E-state index contributed by atoms with van der Waals surface area (Å²) in [4.78, 5) is 24.2. The van der Waals surface area contributed by atoms with E-state index in [0.29, 0.717) is 18.0 Å². The number of carbonyl (C=O) groups is 1. The van der Waals surface area contributed by atoms with Gasteiger partial charge in [-0.25, -0.2) is 14.8 Å².